The summed E-state index contributed by atoms with van der Waals surface area (Å²) in [6.45, 7) is 1.26. The predicted octanol–water partition coefficient (Wildman–Crippen LogP) is 3.21. The molecule has 1 atom stereocenters. The molecule has 0 spiro atoms. The van der Waals surface area contributed by atoms with Crippen molar-refractivity contribution in [3.8, 4) is 11.3 Å². The van der Waals surface area contributed by atoms with E-state index in [9.17, 15) is 12.8 Å². The average molecular weight is 436 g/mol. The number of anilines is 1. The van der Waals surface area contributed by atoms with Gasteiger partial charge in [0.05, 0.1) is 15.6 Å². The Balaban J connectivity index is 1.47. The number of nitrogens with one attached hydrogen (secondary N) is 2. The second kappa shape index (κ2) is 8.10. The van der Waals surface area contributed by atoms with Gasteiger partial charge >= 0.3 is 0 Å². The maximum Gasteiger partial charge on any atom is 0.240 e. The summed E-state index contributed by atoms with van der Waals surface area (Å²) in [5.74, 6) is 0.100. The van der Waals surface area contributed by atoms with E-state index >= 15 is 0 Å². The van der Waals surface area contributed by atoms with Gasteiger partial charge in [-0.15, -0.1) is 0 Å². The predicted molar refractivity (Wildman–Crippen MR) is 109 cm³/mol. The van der Waals surface area contributed by atoms with Gasteiger partial charge in [0, 0.05) is 43.2 Å². The number of aromatic nitrogens is 3. The maximum absolute atomic E-state index is 13.3. The zero-order valence-electron chi connectivity index (χ0n) is 15.3. The Morgan fingerprint density at radius 3 is 2.76 bits per heavy atom. The van der Waals surface area contributed by atoms with Gasteiger partial charge in [-0.3, -0.25) is 10.1 Å². The SMILES string of the molecule is O=S(=O)(N[C@@H]1CCCN(c2cc(-c3ccncc3)[nH]n2)C1)c1ccc(F)c(Cl)c1. The highest BCUT2D eigenvalue weighted by Crippen LogP contribution is 2.25. The zero-order chi connectivity index (χ0) is 20.4. The minimum Gasteiger partial charge on any atom is -0.354 e. The van der Waals surface area contributed by atoms with Gasteiger partial charge in [-0.2, -0.15) is 5.10 Å². The van der Waals surface area contributed by atoms with Gasteiger partial charge in [-0.1, -0.05) is 11.6 Å². The molecule has 1 aromatic carbocycles. The molecule has 0 unspecified atom stereocenters. The first-order valence-corrected chi connectivity index (χ1v) is 11.0. The second-order valence-electron chi connectivity index (χ2n) is 6.86. The molecule has 7 nitrogen and oxygen atoms in total. The van der Waals surface area contributed by atoms with E-state index in [0.717, 1.165) is 42.2 Å². The first kappa shape index (κ1) is 19.8. The summed E-state index contributed by atoms with van der Waals surface area (Å²) >= 11 is 5.73. The van der Waals surface area contributed by atoms with Gasteiger partial charge in [0.15, 0.2) is 5.82 Å². The molecule has 2 N–H and O–H groups in total. The van der Waals surface area contributed by atoms with Crippen molar-refractivity contribution < 1.29 is 12.8 Å². The molecule has 1 fully saturated rings. The minimum absolute atomic E-state index is 0.0548. The molecule has 1 aliphatic heterocycles. The van der Waals surface area contributed by atoms with Gasteiger partial charge in [-0.05, 0) is 43.2 Å². The molecule has 1 aliphatic rings. The highest BCUT2D eigenvalue weighted by Gasteiger charge is 2.27. The molecule has 152 valence electrons. The molecule has 0 radical (unpaired) electrons. The quantitative estimate of drug-likeness (QED) is 0.642. The monoisotopic (exact) mass is 435 g/mol. The molecule has 29 heavy (non-hydrogen) atoms. The fourth-order valence-corrected chi connectivity index (χ4v) is 4.90. The minimum atomic E-state index is -3.81. The van der Waals surface area contributed by atoms with Crippen LogP contribution in [-0.4, -0.2) is 42.7 Å². The average Bonchev–Trinajstić information content (AvgIpc) is 3.21. The molecule has 0 amide bonds. The first-order valence-electron chi connectivity index (χ1n) is 9.10. The largest absolute Gasteiger partial charge is 0.354 e. The van der Waals surface area contributed by atoms with Crippen LogP contribution in [0.3, 0.4) is 0 Å². The normalized spacial score (nSPS) is 17.4. The Bertz CT molecular complexity index is 1110. The lowest BCUT2D eigenvalue weighted by Gasteiger charge is -2.33. The number of pyridine rings is 1. The molecule has 4 rings (SSSR count). The van der Waals surface area contributed by atoms with Crippen molar-refractivity contribution in [1.29, 1.82) is 0 Å². The van der Waals surface area contributed by atoms with Crippen molar-refractivity contribution >= 4 is 27.4 Å². The van der Waals surface area contributed by atoms with Crippen LogP contribution in [0.1, 0.15) is 12.8 Å². The maximum atomic E-state index is 13.3. The van der Waals surface area contributed by atoms with Crippen LogP contribution in [0.4, 0.5) is 10.2 Å². The second-order valence-corrected chi connectivity index (χ2v) is 8.98. The third-order valence-electron chi connectivity index (χ3n) is 4.82. The van der Waals surface area contributed by atoms with Crippen molar-refractivity contribution in [2.24, 2.45) is 0 Å². The Labute approximate surface area is 173 Å². The van der Waals surface area contributed by atoms with Crippen molar-refractivity contribution in [3.63, 3.8) is 0 Å². The summed E-state index contributed by atoms with van der Waals surface area (Å²) in [5, 5.41) is 7.16. The third kappa shape index (κ3) is 4.42. The van der Waals surface area contributed by atoms with Crippen molar-refractivity contribution in [3.05, 3.63) is 59.6 Å². The van der Waals surface area contributed by atoms with Crippen LogP contribution in [0.2, 0.25) is 5.02 Å². The molecule has 1 saturated heterocycles. The van der Waals surface area contributed by atoms with Crippen molar-refractivity contribution in [1.82, 2.24) is 19.9 Å². The molecular weight excluding hydrogens is 417 g/mol. The van der Waals surface area contributed by atoms with E-state index < -0.39 is 15.8 Å². The van der Waals surface area contributed by atoms with Crippen molar-refractivity contribution in [2.45, 2.75) is 23.8 Å². The topological polar surface area (TPSA) is 91.0 Å². The van der Waals surface area contributed by atoms with Gasteiger partial charge in [0.2, 0.25) is 10.0 Å². The number of benzene rings is 1. The first-order chi connectivity index (χ1) is 13.9. The van der Waals surface area contributed by atoms with Gasteiger partial charge < -0.3 is 4.90 Å². The van der Waals surface area contributed by atoms with E-state index in [2.05, 4.69) is 19.9 Å². The number of hydrogen-bond acceptors (Lipinski definition) is 5. The Morgan fingerprint density at radius 1 is 1.21 bits per heavy atom. The zero-order valence-corrected chi connectivity index (χ0v) is 16.9. The van der Waals surface area contributed by atoms with E-state index in [0.29, 0.717) is 13.0 Å². The number of sulfonamides is 1. The van der Waals surface area contributed by atoms with E-state index in [1.807, 2.05) is 23.1 Å². The molecular formula is C19H19ClFN5O2S. The molecule has 3 heterocycles. The number of hydrogen-bond donors (Lipinski definition) is 2. The summed E-state index contributed by atoms with van der Waals surface area (Å²) in [7, 11) is -3.81. The summed E-state index contributed by atoms with van der Waals surface area (Å²) in [4.78, 5) is 5.99. The Morgan fingerprint density at radius 2 is 2.00 bits per heavy atom. The Kier molecular flexibility index (Phi) is 5.53. The number of rotatable bonds is 5. The summed E-state index contributed by atoms with van der Waals surface area (Å²) in [6, 6.07) is 8.79. The van der Waals surface area contributed by atoms with Crippen LogP contribution in [0.15, 0.2) is 53.7 Å². The number of H-pyrrole nitrogens is 1. The highest BCUT2D eigenvalue weighted by molar-refractivity contribution is 7.89. The van der Waals surface area contributed by atoms with Gasteiger partial charge in [0.25, 0.3) is 0 Å². The van der Waals surface area contributed by atoms with Crippen LogP contribution in [0.25, 0.3) is 11.3 Å². The van der Waals surface area contributed by atoms with Crippen LogP contribution in [-0.2, 0) is 10.0 Å². The molecule has 2 aromatic heterocycles. The molecule has 0 bridgehead atoms. The molecule has 10 heteroatoms. The van der Waals surface area contributed by atoms with Gasteiger partial charge in [-0.25, -0.2) is 17.5 Å². The van der Waals surface area contributed by atoms with E-state index in [1.54, 1.807) is 12.4 Å². The molecule has 0 saturated carbocycles. The standard InChI is InChI=1S/C19H19ClFN5O2S/c20-16-10-15(3-4-17(16)21)29(27,28)25-14-2-1-9-26(12-14)19-11-18(23-24-19)13-5-7-22-8-6-13/h3-8,10-11,14,25H,1-2,9,12H2,(H,23,24)/t14-/m1/s1. The van der Waals surface area contributed by atoms with Crippen LogP contribution in [0.5, 0.6) is 0 Å². The third-order valence-corrected chi connectivity index (χ3v) is 6.63. The lowest BCUT2D eigenvalue weighted by atomic mass is 10.1. The lowest BCUT2D eigenvalue weighted by Crippen LogP contribution is -2.47. The summed E-state index contributed by atoms with van der Waals surface area (Å²) < 4.78 is 41.4. The number of halogens is 2. The van der Waals surface area contributed by atoms with Gasteiger partial charge in [0.1, 0.15) is 5.82 Å². The number of piperidine rings is 1. The molecule has 0 aliphatic carbocycles. The van der Waals surface area contributed by atoms with E-state index in [1.165, 1.54) is 6.07 Å². The number of aromatic amines is 1. The smallest absolute Gasteiger partial charge is 0.240 e. The van der Waals surface area contributed by atoms with Crippen molar-refractivity contribution in [2.75, 3.05) is 18.0 Å². The van der Waals surface area contributed by atoms with Crippen LogP contribution >= 0.6 is 11.6 Å². The van der Waals surface area contributed by atoms with E-state index in [-0.39, 0.29) is 16.0 Å². The number of nitrogens with zero attached hydrogens (tertiary/aromatic N) is 3. The fourth-order valence-electron chi connectivity index (χ4n) is 3.37. The van der Waals surface area contributed by atoms with Crippen LogP contribution in [0, 0.1) is 5.82 Å². The van der Waals surface area contributed by atoms with E-state index in [4.69, 9.17) is 11.6 Å². The summed E-state index contributed by atoms with van der Waals surface area (Å²) in [6.07, 6.45) is 4.94. The summed E-state index contributed by atoms with van der Waals surface area (Å²) in [5.41, 5.74) is 1.84. The molecule has 3 aromatic rings. The lowest BCUT2D eigenvalue weighted by molar-refractivity contribution is 0.464. The fraction of sp³-hybridized carbons (Fsp3) is 0.263. The Hall–Kier alpha value is -2.49. The highest BCUT2D eigenvalue weighted by atomic mass is 35.5. The van der Waals surface area contributed by atoms with Crippen LogP contribution < -0.4 is 9.62 Å².